The fourth-order valence-electron chi connectivity index (χ4n) is 3.58. The Hall–Kier alpha value is -0.870. The summed E-state index contributed by atoms with van der Waals surface area (Å²) in [4.78, 5) is 0.257. The van der Waals surface area contributed by atoms with Crippen LogP contribution in [0.5, 0.6) is 0 Å². The minimum absolute atomic E-state index is 0.257. The first-order valence-electron chi connectivity index (χ1n) is 11.5. The summed E-state index contributed by atoms with van der Waals surface area (Å²) in [6, 6.07) is 8.50. The highest BCUT2D eigenvalue weighted by Crippen LogP contribution is 2.22. The van der Waals surface area contributed by atoms with Gasteiger partial charge >= 0.3 is 0 Å². The number of hydrogen-bond donors (Lipinski definition) is 0. The molecule has 4 heteroatoms. The lowest BCUT2D eigenvalue weighted by atomic mass is 9.95. The third-order valence-corrected chi connectivity index (χ3v) is 6.72. The predicted octanol–water partition coefficient (Wildman–Crippen LogP) is 7.51. The van der Waals surface area contributed by atoms with E-state index in [4.69, 9.17) is 4.18 Å². The average Bonchev–Trinajstić information content (AvgIpc) is 2.71. The molecule has 1 unspecified atom stereocenters. The summed E-state index contributed by atoms with van der Waals surface area (Å²) in [5.41, 5.74) is 0. The minimum Gasteiger partial charge on any atom is -0.266 e. The highest BCUT2D eigenvalue weighted by molar-refractivity contribution is 7.86. The van der Waals surface area contributed by atoms with E-state index in [2.05, 4.69) is 13.8 Å². The maximum Gasteiger partial charge on any atom is 0.296 e. The summed E-state index contributed by atoms with van der Waals surface area (Å²) in [7, 11) is -3.64. The number of rotatable bonds is 18. The van der Waals surface area contributed by atoms with Crippen molar-refractivity contribution in [3.05, 3.63) is 30.3 Å². The lowest BCUT2D eigenvalue weighted by molar-refractivity contribution is 0.229. The first-order valence-corrected chi connectivity index (χ1v) is 13.0. The van der Waals surface area contributed by atoms with Gasteiger partial charge in [0.05, 0.1) is 11.5 Å². The average molecular weight is 411 g/mol. The summed E-state index contributed by atoms with van der Waals surface area (Å²) < 4.78 is 30.3. The van der Waals surface area contributed by atoms with Crippen molar-refractivity contribution in [2.45, 2.75) is 109 Å². The highest BCUT2D eigenvalue weighted by atomic mass is 32.2. The summed E-state index contributed by atoms with van der Waals surface area (Å²) >= 11 is 0. The molecule has 0 spiro atoms. The van der Waals surface area contributed by atoms with Crippen LogP contribution in [0, 0.1) is 5.92 Å². The molecule has 0 saturated carbocycles. The zero-order valence-electron chi connectivity index (χ0n) is 18.2. The van der Waals surface area contributed by atoms with Gasteiger partial charge in [-0.1, -0.05) is 109 Å². The van der Waals surface area contributed by atoms with Crippen LogP contribution < -0.4 is 0 Å². The molecule has 1 aromatic carbocycles. The molecule has 0 aromatic heterocycles. The van der Waals surface area contributed by atoms with Crippen molar-refractivity contribution in [2.75, 3.05) is 6.61 Å². The van der Waals surface area contributed by atoms with E-state index >= 15 is 0 Å². The second kappa shape index (κ2) is 16.0. The van der Waals surface area contributed by atoms with E-state index in [1.54, 1.807) is 24.3 Å². The van der Waals surface area contributed by atoms with Gasteiger partial charge in [0.25, 0.3) is 10.1 Å². The highest BCUT2D eigenvalue weighted by Gasteiger charge is 2.18. The molecule has 0 bridgehead atoms. The van der Waals surface area contributed by atoms with Crippen molar-refractivity contribution < 1.29 is 12.6 Å². The maximum atomic E-state index is 12.4. The first kappa shape index (κ1) is 25.2. The van der Waals surface area contributed by atoms with Crippen molar-refractivity contribution in [2.24, 2.45) is 5.92 Å². The Kier molecular flexibility index (Phi) is 14.4. The number of unbranched alkanes of at least 4 members (excludes halogenated alkanes) is 10. The molecule has 0 heterocycles. The van der Waals surface area contributed by atoms with E-state index in [1.165, 1.54) is 77.0 Å². The molecule has 0 radical (unpaired) electrons. The molecule has 28 heavy (non-hydrogen) atoms. The molecule has 0 saturated heterocycles. The number of benzene rings is 1. The van der Waals surface area contributed by atoms with Gasteiger partial charge < -0.3 is 0 Å². The quantitative estimate of drug-likeness (QED) is 0.186. The molecule has 0 fully saturated rings. The third kappa shape index (κ3) is 11.9. The molecule has 0 aliphatic heterocycles. The van der Waals surface area contributed by atoms with Gasteiger partial charge in [-0.25, -0.2) is 0 Å². The van der Waals surface area contributed by atoms with Crippen LogP contribution in [0.15, 0.2) is 35.2 Å². The summed E-state index contributed by atoms with van der Waals surface area (Å²) in [6.45, 7) is 4.79. The third-order valence-electron chi connectivity index (χ3n) is 5.42. The monoisotopic (exact) mass is 410 g/mol. The molecule has 1 aromatic rings. The Balaban J connectivity index is 2.41. The molecule has 1 atom stereocenters. The zero-order chi connectivity index (χ0) is 20.5. The van der Waals surface area contributed by atoms with Crippen molar-refractivity contribution in [3.63, 3.8) is 0 Å². The topological polar surface area (TPSA) is 43.4 Å². The van der Waals surface area contributed by atoms with Crippen LogP contribution in [0.3, 0.4) is 0 Å². The van der Waals surface area contributed by atoms with E-state index in [1.807, 2.05) is 6.07 Å². The van der Waals surface area contributed by atoms with Gasteiger partial charge in [0.1, 0.15) is 0 Å². The smallest absolute Gasteiger partial charge is 0.266 e. The molecular formula is C24H42O3S. The SMILES string of the molecule is CCCCCCCCCC(CCCCCCC)COS(=O)(=O)c1ccccc1. The first-order chi connectivity index (χ1) is 13.6. The molecule has 162 valence electrons. The van der Waals surface area contributed by atoms with Crippen LogP contribution in [0.1, 0.15) is 104 Å². The Morgan fingerprint density at radius 2 is 1.18 bits per heavy atom. The standard InChI is InChI=1S/C24H42O3S/c1-3-5-7-9-10-12-15-19-23(18-14-11-8-6-4-2)22-27-28(25,26)24-20-16-13-17-21-24/h13,16-17,20-21,23H,3-12,14-15,18-19,22H2,1-2H3. The van der Waals surface area contributed by atoms with E-state index < -0.39 is 10.1 Å². The second-order valence-electron chi connectivity index (χ2n) is 8.03. The molecular weight excluding hydrogens is 368 g/mol. The largest absolute Gasteiger partial charge is 0.296 e. The van der Waals surface area contributed by atoms with Gasteiger partial charge in [0.15, 0.2) is 0 Å². The van der Waals surface area contributed by atoms with Gasteiger partial charge in [-0.3, -0.25) is 4.18 Å². The van der Waals surface area contributed by atoms with E-state index in [0.717, 1.165) is 12.8 Å². The lowest BCUT2D eigenvalue weighted by Gasteiger charge is -2.17. The van der Waals surface area contributed by atoms with Gasteiger partial charge in [0.2, 0.25) is 0 Å². The van der Waals surface area contributed by atoms with Crippen LogP contribution in [0.2, 0.25) is 0 Å². The van der Waals surface area contributed by atoms with Crippen LogP contribution in [0.25, 0.3) is 0 Å². The predicted molar refractivity (Wildman–Crippen MR) is 119 cm³/mol. The van der Waals surface area contributed by atoms with Gasteiger partial charge in [0, 0.05) is 0 Å². The maximum absolute atomic E-state index is 12.4. The number of hydrogen-bond acceptors (Lipinski definition) is 3. The molecule has 1 rings (SSSR count). The fourth-order valence-corrected chi connectivity index (χ4v) is 4.58. The van der Waals surface area contributed by atoms with E-state index in [9.17, 15) is 8.42 Å². The summed E-state index contributed by atoms with van der Waals surface area (Å²) in [5.74, 6) is 0.343. The van der Waals surface area contributed by atoms with Crippen LogP contribution in [-0.2, 0) is 14.3 Å². The lowest BCUT2D eigenvalue weighted by Crippen LogP contribution is -2.15. The minimum atomic E-state index is -3.64. The summed E-state index contributed by atoms with van der Waals surface area (Å²) in [6.07, 6.45) is 17.4. The molecule has 0 aliphatic rings. The van der Waals surface area contributed by atoms with Crippen molar-refractivity contribution in [3.8, 4) is 0 Å². The summed E-state index contributed by atoms with van der Waals surface area (Å²) in [5, 5.41) is 0. The van der Waals surface area contributed by atoms with Crippen LogP contribution >= 0.6 is 0 Å². The van der Waals surface area contributed by atoms with Gasteiger partial charge in [-0.2, -0.15) is 8.42 Å². The molecule has 0 amide bonds. The van der Waals surface area contributed by atoms with E-state index in [0.29, 0.717) is 12.5 Å². The molecule has 0 N–H and O–H groups in total. The van der Waals surface area contributed by atoms with Crippen LogP contribution in [-0.4, -0.2) is 15.0 Å². The van der Waals surface area contributed by atoms with Gasteiger partial charge in [-0.05, 0) is 30.9 Å². The Bertz CT molecular complexity index is 569. The second-order valence-corrected chi connectivity index (χ2v) is 9.65. The fraction of sp³-hybridized carbons (Fsp3) is 0.750. The van der Waals surface area contributed by atoms with Crippen molar-refractivity contribution >= 4 is 10.1 Å². The van der Waals surface area contributed by atoms with E-state index in [-0.39, 0.29) is 4.90 Å². The van der Waals surface area contributed by atoms with Crippen molar-refractivity contribution in [1.82, 2.24) is 0 Å². The van der Waals surface area contributed by atoms with Gasteiger partial charge in [-0.15, -0.1) is 0 Å². The normalized spacial score (nSPS) is 12.9. The zero-order valence-corrected chi connectivity index (χ0v) is 19.0. The Morgan fingerprint density at radius 3 is 1.68 bits per heavy atom. The van der Waals surface area contributed by atoms with Crippen LogP contribution in [0.4, 0.5) is 0 Å². The Labute approximate surface area is 174 Å². The molecule has 0 aliphatic carbocycles. The Morgan fingerprint density at radius 1 is 0.714 bits per heavy atom. The van der Waals surface area contributed by atoms with Crippen molar-refractivity contribution in [1.29, 1.82) is 0 Å². The molecule has 3 nitrogen and oxygen atoms in total.